The van der Waals surface area contributed by atoms with Crippen molar-refractivity contribution in [3.05, 3.63) is 12.2 Å². The van der Waals surface area contributed by atoms with E-state index in [1.54, 1.807) is 0 Å². The van der Waals surface area contributed by atoms with Crippen LogP contribution < -0.4 is 0 Å². The molecule has 140 valence electrons. The third-order valence-corrected chi connectivity index (χ3v) is 9.37. The largest absolute Gasteiger partial charge is 0.460 e. The Labute approximate surface area is 142 Å². The van der Waals surface area contributed by atoms with Gasteiger partial charge in [-0.3, -0.25) is 0 Å². The highest BCUT2D eigenvalue weighted by Crippen LogP contribution is 2.22. The first kappa shape index (κ1) is 22.9. The lowest BCUT2D eigenvalue weighted by Gasteiger charge is -2.36. The Hall–Kier alpha value is -1.14. The average Bonchev–Trinajstić information content (AvgIpc) is 2.39. The van der Waals surface area contributed by atoms with Crippen molar-refractivity contribution in [3.8, 4) is 0 Å². The summed E-state index contributed by atoms with van der Waals surface area (Å²) in [5, 5.41) is 0. The molecule has 0 aromatic heterocycles. The van der Waals surface area contributed by atoms with Crippen LogP contribution in [0, 0.1) is 0 Å². The van der Waals surface area contributed by atoms with Crippen molar-refractivity contribution in [3.63, 3.8) is 0 Å². The Kier molecular flexibility index (Phi) is 8.39. The van der Waals surface area contributed by atoms with E-state index in [1.807, 2.05) is 39.7 Å². The van der Waals surface area contributed by atoms with Crippen LogP contribution in [0.2, 0.25) is 32.7 Å². The molecule has 5 nitrogen and oxygen atoms in total. The molecule has 0 fully saturated rings. The molecule has 0 spiro atoms. The molecule has 10 heteroatoms. The predicted molar refractivity (Wildman–Crippen MR) is 88.2 cm³/mol. The molecule has 0 rings (SSSR count). The molecule has 0 saturated carbocycles. The first-order valence-corrected chi connectivity index (χ1v) is 13.9. The molecule has 0 aliphatic carbocycles. The summed E-state index contributed by atoms with van der Waals surface area (Å²) < 4.78 is 51.9. The van der Waals surface area contributed by atoms with Gasteiger partial charge < -0.3 is 13.6 Å². The predicted octanol–water partition coefficient (Wildman–Crippen LogP) is 3.57. The Bertz CT molecular complexity index is 476. The minimum atomic E-state index is -4.21. The molecule has 0 heterocycles. The first-order chi connectivity index (χ1) is 10.7. The topological polar surface area (TPSA) is 61.8 Å². The minimum Gasteiger partial charge on any atom is -0.460 e. The number of alkyl halides is 3. The van der Waals surface area contributed by atoms with Gasteiger partial charge in [0.15, 0.2) is 15.0 Å². The molecule has 1 atom stereocenters. The Morgan fingerprint density at radius 2 is 1.58 bits per heavy atom. The van der Waals surface area contributed by atoms with Crippen molar-refractivity contribution >= 4 is 28.6 Å². The summed E-state index contributed by atoms with van der Waals surface area (Å²) in [4.78, 5) is 22.9. The molecule has 0 bridgehead atoms. The van der Waals surface area contributed by atoms with Crippen LogP contribution >= 0.6 is 0 Å². The molecular formula is C14H25F3O5Si2. The van der Waals surface area contributed by atoms with E-state index in [0.717, 1.165) is 0 Å². The van der Waals surface area contributed by atoms with E-state index in [1.165, 1.54) is 0 Å². The highest BCUT2D eigenvalue weighted by Gasteiger charge is 2.39. The fraction of sp³-hybridized carbons (Fsp3) is 0.714. The zero-order valence-electron chi connectivity index (χ0n) is 14.8. The zero-order chi connectivity index (χ0) is 19.2. The van der Waals surface area contributed by atoms with Gasteiger partial charge in [0.05, 0.1) is 0 Å². The van der Waals surface area contributed by atoms with Crippen LogP contribution in [0.3, 0.4) is 0 Å². The lowest BCUT2D eigenvalue weighted by Crippen LogP contribution is -2.52. The standard InChI is InChI=1S/C14H25F3O5Si2/c1-7-13(24(5,6)22-23(2,3)4)20-11(18)8-9-12(19)21-14(16,17)10-15/h8-9,13H,7,10H2,1-6H3/b9-8+. The van der Waals surface area contributed by atoms with Gasteiger partial charge >= 0.3 is 18.0 Å². The van der Waals surface area contributed by atoms with Gasteiger partial charge in [-0.25, -0.2) is 14.0 Å². The van der Waals surface area contributed by atoms with Crippen molar-refractivity contribution < 1.29 is 36.3 Å². The molecular weight excluding hydrogens is 361 g/mol. The Morgan fingerprint density at radius 1 is 1.08 bits per heavy atom. The van der Waals surface area contributed by atoms with Crippen molar-refractivity contribution in [2.75, 3.05) is 6.67 Å². The molecule has 0 aromatic rings. The van der Waals surface area contributed by atoms with Crippen molar-refractivity contribution in [1.29, 1.82) is 0 Å². The summed E-state index contributed by atoms with van der Waals surface area (Å²) in [5.74, 6) is -2.40. The first-order valence-electron chi connectivity index (χ1n) is 7.48. The summed E-state index contributed by atoms with van der Waals surface area (Å²) in [7, 11) is -4.16. The van der Waals surface area contributed by atoms with Crippen LogP contribution in [0.4, 0.5) is 13.2 Å². The summed E-state index contributed by atoms with van der Waals surface area (Å²) in [6, 6.07) is 0. The minimum absolute atomic E-state index is 0.454. The van der Waals surface area contributed by atoms with E-state index in [-0.39, 0.29) is 0 Å². The van der Waals surface area contributed by atoms with E-state index in [0.29, 0.717) is 18.6 Å². The monoisotopic (exact) mass is 386 g/mol. The summed E-state index contributed by atoms with van der Waals surface area (Å²) >= 11 is 0. The van der Waals surface area contributed by atoms with Crippen molar-refractivity contribution in [1.82, 2.24) is 0 Å². The van der Waals surface area contributed by atoms with Crippen molar-refractivity contribution in [2.24, 2.45) is 0 Å². The van der Waals surface area contributed by atoms with Gasteiger partial charge in [0, 0.05) is 12.2 Å². The maximum atomic E-state index is 12.5. The molecule has 1 unspecified atom stereocenters. The second-order valence-electron chi connectivity index (χ2n) is 6.68. The molecule has 0 radical (unpaired) electrons. The number of hydrogen-bond donors (Lipinski definition) is 0. The molecule has 0 saturated heterocycles. The lowest BCUT2D eigenvalue weighted by atomic mass is 10.5. The summed E-state index contributed by atoms with van der Waals surface area (Å²) in [6.45, 7) is 9.62. The van der Waals surface area contributed by atoms with Crippen LogP contribution in [0.5, 0.6) is 0 Å². The second kappa shape index (κ2) is 8.81. The van der Waals surface area contributed by atoms with Gasteiger partial charge in [0.1, 0.15) is 5.73 Å². The summed E-state index contributed by atoms with van der Waals surface area (Å²) in [6.07, 6.45) is -2.53. The van der Waals surface area contributed by atoms with Crippen LogP contribution in [0.1, 0.15) is 13.3 Å². The quantitative estimate of drug-likeness (QED) is 0.344. The molecule has 0 aliphatic heterocycles. The van der Waals surface area contributed by atoms with E-state index in [2.05, 4.69) is 4.74 Å². The fourth-order valence-electron chi connectivity index (χ4n) is 2.10. The number of carbonyl (C=O) groups is 2. The normalized spacial score (nSPS) is 14.5. The number of esters is 2. The van der Waals surface area contributed by atoms with Gasteiger partial charge in [-0.1, -0.05) is 6.92 Å². The molecule has 0 aliphatic rings. The maximum Gasteiger partial charge on any atom is 0.429 e. The molecule has 0 aromatic carbocycles. The van der Waals surface area contributed by atoms with Crippen LogP contribution in [-0.2, 0) is 23.2 Å². The summed E-state index contributed by atoms with van der Waals surface area (Å²) in [5.41, 5.74) is -0.454. The smallest absolute Gasteiger partial charge is 0.429 e. The highest BCUT2D eigenvalue weighted by molar-refractivity contribution is 6.84. The van der Waals surface area contributed by atoms with Crippen LogP contribution in [0.15, 0.2) is 12.2 Å². The van der Waals surface area contributed by atoms with Gasteiger partial charge in [0.2, 0.25) is 8.32 Å². The number of carbonyl (C=O) groups excluding carboxylic acids is 2. The SMILES string of the molecule is CCC(OC(=O)/C=C/C(=O)OC(F)(F)CF)[Si](C)(C)O[Si](C)(C)C. The number of hydrogen-bond acceptors (Lipinski definition) is 5. The lowest BCUT2D eigenvalue weighted by molar-refractivity contribution is -0.234. The van der Waals surface area contributed by atoms with Gasteiger partial charge in [0.25, 0.3) is 0 Å². The van der Waals surface area contributed by atoms with E-state index in [4.69, 9.17) is 8.85 Å². The van der Waals surface area contributed by atoms with E-state index in [9.17, 15) is 22.8 Å². The number of ether oxygens (including phenoxy) is 2. The Morgan fingerprint density at radius 3 is 2.00 bits per heavy atom. The fourth-order valence-corrected chi connectivity index (χ4v) is 10.3. The van der Waals surface area contributed by atoms with E-state index < -0.39 is 47.1 Å². The molecule has 24 heavy (non-hydrogen) atoms. The highest BCUT2D eigenvalue weighted by atomic mass is 28.4. The van der Waals surface area contributed by atoms with Gasteiger partial charge in [-0.15, -0.1) is 0 Å². The van der Waals surface area contributed by atoms with Crippen LogP contribution in [-0.4, -0.2) is 47.1 Å². The molecule has 0 N–H and O–H groups in total. The third-order valence-electron chi connectivity index (χ3n) is 2.73. The van der Waals surface area contributed by atoms with Crippen LogP contribution in [0.25, 0.3) is 0 Å². The number of halogens is 3. The third kappa shape index (κ3) is 9.23. The maximum absolute atomic E-state index is 12.5. The van der Waals surface area contributed by atoms with E-state index >= 15 is 0 Å². The zero-order valence-corrected chi connectivity index (χ0v) is 16.8. The molecule has 0 amide bonds. The van der Waals surface area contributed by atoms with Gasteiger partial charge in [-0.2, -0.15) is 8.78 Å². The van der Waals surface area contributed by atoms with Gasteiger partial charge in [-0.05, 0) is 39.2 Å². The van der Waals surface area contributed by atoms with Crippen molar-refractivity contribution in [2.45, 2.75) is 57.9 Å². The Balaban J connectivity index is 4.78. The average molecular weight is 387 g/mol. The second-order valence-corrected chi connectivity index (χ2v) is 15.6. The number of rotatable bonds is 9.